The Morgan fingerprint density at radius 1 is 1.50 bits per heavy atom. The van der Waals surface area contributed by atoms with Gasteiger partial charge in [-0.25, -0.2) is 0 Å². The fourth-order valence-corrected chi connectivity index (χ4v) is 1.75. The summed E-state index contributed by atoms with van der Waals surface area (Å²) in [5.41, 5.74) is 0. The highest BCUT2D eigenvalue weighted by Crippen LogP contribution is 2.27. The molecule has 0 aliphatic rings. The molecule has 0 aromatic heterocycles. The van der Waals surface area contributed by atoms with Gasteiger partial charge in [0.05, 0.1) is 5.75 Å². The van der Waals surface area contributed by atoms with Gasteiger partial charge in [-0.15, -0.1) is 11.8 Å². The predicted molar refractivity (Wildman–Crippen MR) is 57.5 cm³/mol. The summed E-state index contributed by atoms with van der Waals surface area (Å²) < 4.78 is 0. The number of phenols is 1. The minimum Gasteiger partial charge on any atom is -0.507 e. The minimum absolute atomic E-state index is 0.0132. The molecule has 2 N–H and O–H groups in total. The van der Waals surface area contributed by atoms with Crippen LogP contribution in [-0.2, 0) is 4.79 Å². The van der Waals surface area contributed by atoms with Crippen molar-refractivity contribution in [1.82, 2.24) is 5.32 Å². The van der Waals surface area contributed by atoms with E-state index in [2.05, 4.69) is 5.32 Å². The van der Waals surface area contributed by atoms with Gasteiger partial charge in [-0.05, 0) is 19.1 Å². The minimum atomic E-state index is -0.0132. The van der Waals surface area contributed by atoms with Gasteiger partial charge in [-0.1, -0.05) is 12.1 Å². The second-order valence-electron chi connectivity index (χ2n) is 2.71. The van der Waals surface area contributed by atoms with Crippen LogP contribution in [0.15, 0.2) is 29.2 Å². The van der Waals surface area contributed by atoms with Crippen LogP contribution in [0.3, 0.4) is 0 Å². The lowest BCUT2D eigenvalue weighted by atomic mass is 10.3. The molecule has 76 valence electrons. The van der Waals surface area contributed by atoms with Crippen LogP contribution < -0.4 is 5.32 Å². The second kappa shape index (κ2) is 5.54. The molecule has 1 amide bonds. The van der Waals surface area contributed by atoms with E-state index in [4.69, 9.17) is 0 Å². The summed E-state index contributed by atoms with van der Waals surface area (Å²) in [6.07, 6.45) is 0. The van der Waals surface area contributed by atoms with Gasteiger partial charge in [-0.3, -0.25) is 4.79 Å². The van der Waals surface area contributed by atoms with Crippen molar-refractivity contribution in [3.8, 4) is 5.75 Å². The van der Waals surface area contributed by atoms with Crippen molar-refractivity contribution < 1.29 is 9.90 Å². The van der Waals surface area contributed by atoms with Crippen molar-refractivity contribution in [3.63, 3.8) is 0 Å². The Morgan fingerprint density at radius 3 is 2.86 bits per heavy atom. The number of benzene rings is 1. The predicted octanol–water partition coefficient (Wildman–Crippen LogP) is 1.62. The third kappa shape index (κ3) is 3.30. The van der Waals surface area contributed by atoms with Crippen LogP contribution >= 0.6 is 11.8 Å². The van der Waals surface area contributed by atoms with Crippen molar-refractivity contribution in [3.05, 3.63) is 24.3 Å². The van der Waals surface area contributed by atoms with Gasteiger partial charge >= 0.3 is 0 Å². The lowest BCUT2D eigenvalue weighted by Crippen LogP contribution is -2.24. The molecule has 0 heterocycles. The van der Waals surface area contributed by atoms with E-state index in [0.29, 0.717) is 12.3 Å². The van der Waals surface area contributed by atoms with E-state index in [0.717, 1.165) is 4.90 Å². The number of amides is 1. The Bertz CT molecular complexity index is 315. The number of nitrogens with one attached hydrogen (secondary N) is 1. The van der Waals surface area contributed by atoms with Crippen molar-refractivity contribution in [1.29, 1.82) is 0 Å². The van der Waals surface area contributed by atoms with E-state index < -0.39 is 0 Å². The maximum atomic E-state index is 11.1. The zero-order chi connectivity index (χ0) is 10.4. The highest BCUT2D eigenvalue weighted by atomic mass is 32.2. The van der Waals surface area contributed by atoms with Gasteiger partial charge in [-0.2, -0.15) is 0 Å². The van der Waals surface area contributed by atoms with E-state index in [1.807, 2.05) is 13.0 Å². The molecule has 0 spiro atoms. The molecule has 0 unspecified atom stereocenters. The average molecular weight is 211 g/mol. The van der Waals surface area contributed by atoms with Crippen LogP contribution in [0.5, 0.6) is 5.75 Å². The Labute approximate surface area is 87.5 Å². The maximum Gasteiger partial charge on any atom is 0.230 e. The molecule has 0 aliphatic carbocycles. The molecular formula is C10H13NO2S. The first kappa shape index (κ1) is 10.9. The number of phenolic OH excluding ortho intramolecular Hbond substituents is 1. The summed E-state index contributed by atoms with van der Waals surface area (Å²) in [4.78, 5) is 11.8. The molecule has 1 rings (SSSR count). The van der Waals surface area contributed by atoms with E-state index in [-0.39, 0.29) is 11.7 Å². The number of para-hydroxylation sites is 1. The van der Waals surface area contributed by atoms with E-state index in [9.17, 15) is 9.90 Å². The summed E-state index contributed by atoms with van der Waals surface area (Å²) in [5, 5.41) is 12.1. The molecule has 1 aromatic carbocycles. The van der Waals surface area contributed by atoms with Gasteiger partial charge < -0.3 is 10.4 Å². The zero-order valence-corrected chi connectivity index (χ0v) is 8.80. The van der Waals surface area contributed by atoms with Crippen LogP contribution in [-0.4, -0.2) is 23.3 Å². The van der Waals surface area contributed by atoms with Crippen molar-refractivity contribution >= 4 is 17.7 Å². The number of carbonyl (C=O) groups excluding carboxylic acids is 1. The molecule has 0 saturated heterocycles. The van der Waals surface area contributed by atoms with Gasteiger partial charge in [0.25, 0.3) is 0 Å². The highest BCUT2D eigenvalue weighted by Gasteiger charge is 2.03. The molecule has 0 bridgehead atoms. The van der Waals surface area contributed by atoms with Crippen LogP contribution in [0.1, 0.15) is 6.92 Å². The second-order valence-corrected chi connectivity index (χ2v) is 3.73. The van der Waals surface area contributed by atoms with Crippen molar-refractivity contribution in [2.45, 2.75) is 11.8 Å². The first-order valence-electron chi connectivity index (χ1n) is 4.41. The quantitative estimate of drug-likeness (QED) is 0.744. The fraction of sp³-hybridized carbons (Fsp3) is 0.300. The van der Waals surface area contributed by atoms with Gasteiger partial charge in [0.15, 0.2) is 0 Å². The zero-order valence-electron chi connectivity index (χ0n) is 7.99. The number of hydrogen-bond acceptors (Lipinski definition) is 3. The molecule has 3 nitrogen and oxygen atoms in total. The summed E-state index contributed by atoms with van der Waals surface area (Å²) in [6.45, 7) is 2.52. The average Bonchev–Trinajstić information content (AvgIpc) is 2.17. The largest absolute Gasteiger partial charge is 0.507 e. The first-order valence-corrected chi connectivity index (χ1v) is 5.40. The molecule has 0 fully saturated rings. The number of rotatable bonds is 4. The Hall–Kier alpha value is -1.16. The molecule has 1 aromatic rings. The summed E-state index contributed by atoms with van der Waals surface area (Å²) in [6, 6.07) is 6.99. The smallest absolute Gasteiger partial charge is 0.230 e. The van der Waals surface area contributed by atoms with Crippen LogP contribution in [0.2, 0.25) is 0 Å². The Morgan fingerprint density at radius 2 is 2.21 bits per heavy atom. The summed E-state index contributed by atoms with van der Waals surface area (Å²) >= 11 is 1.33. The number of hydrogen-bond donors (Lipinski definition) is 2. The summed E-state index contributed by atoms with van der Waals surface area (Å²) in [5.74, 6) is 0.549. The van der Waals surface area contributed by atoms with Gasteiger partial charge in [0, 0.05) is 11.4 Å². The molecular weight excluding hydrogens is 198 g/mol. The number of aromatic hydroxyl groups is 1. The number of thioether (sulfide) groups is 1. The van der Waals surface area contributed by atoms with Gasteiger partial charge in [0.1, 0.15) is 5.75 Å². The normalized spacial score (nSPS) is 9.79. The van der Waals surface area contributed by atoms with E-state index in [1.54, 1.807) is 18.2 Å². The monoisotopic (exact) mass is 211 g/mol. The third-order valence-electron chi connectivity index (χ3n) is 1.60. The highest BCUT2D eigenvalue weighted by molar-refractivity contribution is 8.00. The van der Waals surface area contributed by atoms with E-state index >= 15 is 0 Å². The first-order chi connectivity index (χ1) is 6.74. The van der Waals surface area contributed by atoms with Crippen LogP contribution in [0, 0.1) is 0 Å². The van der Waals surface area contributed by atoms with Gasteiger partial charge in [0.2, 0.25) is 5.91 Å². The van der Waals surface area contributed by atoms with Crippen molar-refractivity contribution in [2.75, 3.05) is 12.3 Å². The standard InChI is InChI=1S/C10H13NO2S/c1-2-11-10(13)7-14-9-6-4-3-5-8(9)12/h3-6,12H,2,7H2,1H3,(H,11,13). The molecule has 4 heteroatoms. The SMILES string of the molecule is CCNC(=O)CSc1ccccc1O. The maximum absolute atomic E-state index is 11.1. The topological polar surface area (TPSA) is 49.3 Å². The molecule has 14 heavy (non-hydrogen) atoms. The summed E-state index contributed by atoms with van der Waals surface area (Å²) in [7, 11) is 0. The lowest BCUT2D eigenvalue weighted by molar-refractivity contribution is -0.118. The van der Waals surface area contributed by atoms with Crippen LogP contribution in [0.25, 0.3) is 0 Å². The van der Waals surface area contributed by atoms with Crippen LogP contribution in [0.4, 0.5) is 0 Å². The number of carbonyl (C=O) groups is 1. The Balaban J connectivity index is 2.46. The molecule has 0 radical (unpaired) electrons. The third-order valence-corrected chi connectivity index (χ3v) is 2.66. The van der Waals surface area contributed by atoms with E-state index in [1.165, 1.54) is 11.8 Å². The lowest BCUT2D eigenvalue weighted by Gasteiger charge is -2.03. The fourth-order valence-electron chi connectivity index (χ4n) is 0.971. The van der Waals surface area contributed by atoms with Crippen molar-refractivity contribution in [2.24, 2.45) is 0 Å². The Kier molecular flexibility index (Phi) is 4.32. The molecule has 0 aliphatic heterocycles. The molecule has 0 saturated carbocycles. The molecule has 0 atom stereocenters.